The summed E-state index contributed by atoms with van der Waals surface area (Å²) in [5.74, 6) is 1.73. The van der Waals surface area contributed by atoms with Crippen LogP contribution in [0.4, 0.5) is 5.69 Å². The maximum Gasteiger partial charge on any atom is 0.126 e. The molecule has 1 heterocycles. The monoisotopic (exact) mass is 294 g/mol. The molecular weight excluding hydrogens is 280 g/mol. The molecule has 0 amide bonds. The van der Waals surface area contributed by atoms with Gasteiger partial charge in [0.05, 0.1) is 6.04 Å². The molecule has 19 heavy (non-hydrogen) atoms. The van der Waals surface area contributed by atoms with Crippen LogP contribution < -0.4 is 11.1 Å². The molecule has 0 saturated carbocycles. The first-order valence-corrected chi connectivity index (χ1v) is 6.68. The minimum absolute atomic E-state index is 0.000247. The third-order valence-corrected chi connectivity index (χ3v) is 3.26. The van der Waals surface area contributed by atoms with E-state index in [0.29, 0.717) is 10.0 Å². The highest BCUT2D eigenvalue weighted by Crippen LogP contribution is 2.26. The van der Waals surface area contributed by atoms with Crippen LogP contribution in [0.2, 0.25) is 5.02 Å². The van der Waals surface area contributed by atoms with Crippen LogP contribution in [0.15, 0.2) is 34.7 Å². The molecule has 2 rings (SSSR count). The van der Waals surface area contributed by atoms with Crippen molar-refractivity contribution in [3.63, 3.8) is 0 Å². The average Bonchev–Trinajstić information content (AvgIpc) is 2.75. The molecule has 3 N–H and O–H groups in total. The van der Waals surface area contributed by atoms with E-state index in [1.54, 1.807) is 6.07 Å². The van der Waals surface area contributed by atoms with Crippen LogP contribution in [0.3, 0.4) is 0 Å². The second-order valence-corrected chi connectivity index (χ2v) is 5.24. The zero-order valence-electron chi connectivity index (χ0n) is 10.7. The normalized spacial score (nSPS) is 12.2. The summed E-state index contributed by atoms with van der Waals surface area (Å²) in [5.41, 5.74) is 7.29. The van der Waals surface area contributed by atoms with Crippen molar-refractivity contribution in [3.8, 4) is 0 Å². The largest absolute Gasteiger partial charge is 0.464 e. The summed E-state index contributed by atoms with van der Waals surface area (Å²) < 4.78 is 5.59. The fourth-order valence-corrected chi connectivity index (χ4v) is 2.19. The molecule has 0 saturated heterocycles. The van der Waals surface area contributed by atoms with Gasteiger partial charge in [-0.25, -0.2) is 0 Å². The van der Waals surface area contributed by atoms with Crippen LogP contribution in [0.25, 0.3) is 0 Å². The lowest BCUT2D eigenvalue weighted by atomic mass is 10.1. The summed E-state index contributed by atoms with van der Waals surface area (Å²) in [6.45, 7) is 3.92. The number of hydrogen-bond donors (Lipinski definition) is 2. The number of nitrogens with two attached hydrogens (primary N) is 1. The number of halogens is 1. The van der Waals surface area contributed by atoms with E-state index in [9.17, 15) is 0 Å². The zero-order valence-corrected chi connectivity index (χ0v) is 12.3. The second-order valence-electron chi connectivity index (χ2n) is 4.37. The highest BCUT2D eigenvalue weighted by molar-refractivity contribution is 7.80. The van der Waals surface area contributed by atoms with Gasteiger partial charge in [0.25, 0.3) is 0 Å². The van der Waals surface area contributed by atoms with Gasteiger partial charge in [-0.3, -0.25) is 0 Å². The lowest BCUT2D eigenvalue weighted by Crippen LogP contribution is -2.14. The van der Waals surface area contributed by atoms with Gasteiger partial charge in [0.2, 0.25) is 0 Å². The summed E-state index contributed by atoms with van der Waals surface area (Å²) in [5, 5.41) is 3.95. The zero-order chi connectivity index (χ0) is 14.0. The Morgan fingerprint density at radius 2 is 2.11 bits per heavy atom. The number of anilines is 1. The summed E-state index contributed by atoms with van der Waals surface area (Å²) >= 11 is 11.0. The van der Waals surface area contributed by atoms with Crippen molar-refractivity contribution in [2.24, 2.45) is 5.73 Å². The van der Waals surface area contributed by atoms with Crippen LogP contribution >= 0.6 is 23.8 Å². The first kappa shape index (κ1) is 13.9. The van der Waals surface area contributed by atoms with Gasteiger partial charge in [-0.2, -0.15) is 0 Å². The molecule has 1 aromatic carbocycles. The molecule has 1 unspecified atom stereocenters. The van der Waals surface area contributed by atoms with Gasteiger partial charge in [0.15, 0.2) is 0 Å². The second kappa shape index (κ2) is 5.63. The molecule has 0 aliphatic rings. The van der Waals surface area contributed by atoms with Crippen molar-refractivity contribution in [2.45, 2.75) is 19.9 Å². The van der Waals surface area contributed by atoms with E-state index < -0.39 is 0 Å². The molecule has 0 spiro atoms. The van der Waals surface area contributed by atoms with E-state index in [2.05, 4.69) is 5.32 Å². The smallest absolute Gasteiger partial charge is 0.126 e. The molecule has 2 aromatic rings. The summed E-state index contributed by atoms with van der Waals surface area (Å²) in [6.07, 6.45) is 0. The number of benzene rings is 1. The van der Waals surface area contributed by atoms with Crippen LogP contribution in [0.1, 0.15) is 30.0 Å². The molecule has 0 aliphatic heterocycles. The van der Waals surface area contributed by atoms with Gasteiger partial charge in [0, 0.05) is 16.3 Å². The number of rotatable bonds is 4. The first-order chi connectivity index (χ1) is 8.97. The van der Waals surface area contributed by atoms with Gasteiger partial charge in [-0.1, -0.05) is 23.8 Å². The first-order valence-electron chi connectivity index (χ1n) is 5.89. The molecule has 5 heteroatoms. The lowest BCUT2D eigenvalue weighted by Gasteiger charge is -2.16. The predicted molar refractivity (Wildman–Crippen MR) is 82.8 cm³/mol. The van der Waals surface area contributed by atoms with Crippen molar-refractivity contribution in [1.82, 2.24) is 0 Å². The van der Waals surface area contributed by atoms with Gasteiger partial charge in [-0.15, -0.1) is 0 Å². The third kappa shape index (κ3) is 3.28. The highest BCUT2D eigenvalue weighted by atomic mass is 35.5. The van der Waals surface area contributed by atoms with E-state index in [1.807, 2.05) is 38.1 Å². The number of hydrogen-bond acceptors (Lipinski definition) is 3. The van der Waals surface area contributed by atoms with E-state index >= 15 is 0 Å². The van der Waals surface area contributed by atoms with Crippen molar-refractivity contribution in [3.05, 3.63) is 52.4 Å². The molecule has 100 valence electrons. The highest BCUT2D eigenvalue weighted by Gasteiger charge is 2.13. The van der Waals surface area contributed by atoms with E-state index in [0.717, 1.165) is 22.8 Å². The Labute approximate surface area is 122 Å². The van der Waals surface area contributed by atoms with E-state index in [4.69, 9.17) is 34.0 Å². The van der Waals surface area contributed by atoms with E-state index in [-0.39, 0.29) is 6.04 Å². The molecule has 0 radical (unpaired) electrons. The minimum atomic E-state index is 0.000247. The summed E-state index contributed by atoms with van der Waals surface area (Å²) in [6, 6.07) is 9.26. The number of furan rings is 1. The molecule has 0 aliphatic carbocycles. The minimum Gasteiger partial charge on any atom is -0.464 e. The Balaban J connectivity index is 2.27. The molecule has 0 fully saturated rings. The Kier molecular flexibility index (Phi) is 4.12. The fourth-order valence-electron chi connectivity index (χ4n) is 1.84. The fraction of sp³-hybridized carbons (Fsp3) is 0.214. The summed E-state index contributed by atoms with van der Waals surface area (Å²) in [7, 11) is 0. The topological polar surface area (TPSA) is 51.2 Å². The molecular formula is C14H15ClN2OS. The Bertz CT molecular complexity index is 609. The van der Waals surface area contributed by atoms with Crippen molar-refractivity contribution in [2.75, 3.05) is 5.32 Å². The van der Waals surface area contributed by atoms with Crippen LogP contribution in [0, 0.1) is 6.92 Å². The Morgan fingerprint density at radius 3 is 2.68 bits per heavy atom. The Hall–Kier alpha value is -1.52. The van der Waals surface area contributed by atoms with Gasteiger partial charge >= 0.3 is 0 Å². The maximum atomic E-state index is 6.01. The molecule has 0 bridgehead atoms. The average molecular weight is 295 g/mol. The van der Waals surface area contributed by atoms with Crippen molar-refractivity contribution < 1.29 is 4.42 Å². The van der Waals surface area contributed by atoms with Crippen molar-refractivity contribution in [1.29, 1.82) is 0 Å². The van der Waals surface area contributed by atoms with Gasteiger partial charge < -0.3 is 15.5 Å². The number of aryl methyl sites for hydroxylation is 1. The quantitative estimate of drug-likeness (QED) is 0.835. The predicted octanol–water partition coefficient (Wildman–Crippen LogP) is 4.05. The summed E-state index contributed by atoms with van der Waals surface area (Å²) in [4.78, 5) is 0.335. The number of nitrogens with one attached hydrogen (secondary N) is 1. The molecule has 3 nitrogen and oxygen atoms in total. The maximum absolute atomic E-state index is 6.01. The van der Waals surface area contributed by atoms with Gasteiger partial charge in [-0.05, 0) is 44.2 Å². The lowest BCUT2D eigenvalue weighted by molar-refractivity contribution is 0.467. The van der Waals surface area contributed by atoms with Crippen LogP contribution in [-0.2, 0) is 0 Å². The van der Waals surface area contributed by atoms with Crippen molar-refractivity contribution >= 4 is 34.5 Å². The number of thiocarbonyl (C=S) groups is 1. The molecule has 1 atom stereocenters. The van der Waals surface area contributed by atoms with Gasteiger partial charge in [0.1, 0.15) is 16.5 Å². The van der Waals surface area contributed by atoms with Crippen LogP contribution in [0.5, 0.6) is 0 Å². The standard InChI is InChI=1S/C14H15ClN2OS/c1-8-3-6-13(18-8)9(2)17-12-7-10(15)4-5-11(12)14(16)19/h3-7,9,17H,1-2H3,(H2,16,19). The Morgan fingerprint density at radius 1 is 1.37 bits per heavy atom. The van der Waals surface area contributed by atoms with Crippen LogP contribution in [-0.4, -0.2) is 4.99 Å². The SMILES string of the molecule is Cc1ccc(C(C)Nc2cc(Cl)ccc2C(N)=S)o1. The molecule has 1 aromatic heterocycles. The van der Waals surface area contributed by atoms with E-state index in [1.165, 1.54) is 0 Å². The third-order valence-electron chi connectivity index (χ3n) is 2.81.